The van der Waals surface area contributed by atoms with Crippen molar-refractivity contribution in [1.82, 2.24) is 10.3 Å². The third kappa shape index (κ3) is 3.16. The Bertz CT molecular complexity index is 962. The lowest BCUT2D eigenvalue weighted by Gasteiger charge is -2.21. The molecule has 2 heterocycles. The van der Waals surface area contributed by atoms with Crippen molar-refractivity contribution in [3.8, 4) is 0 Å². The minimum atomic E-state index is -4.66. The fraction of sp³-hybridized carbons (Fsp3) is 0.263. The van der Waals surface area contributed by atoms with Crippen molar-refractivity contribution in [3.63, 3.8) is 0 Å². The van der Waals surface area contributed by atoms with Gasteiger partial charge in [-0.1, -0.05) is 18.2 Å². The summed E-state index contributed by atoms with van der Waals surface area (Å²) in [5.41, 5.74) is 2.70. The molecule has 0 aliphatic heterocycles. The SMILES string of the molecule is Cc1ccc2c(C)c(C(=O)N[C@H](c3cccnc3)C(F)(F)F)oc2c1C. The van der Waals surface area contributed by atoms with Gasteiger partial charge in [-0.15, -0.1) is 0 Å². The quantitative estimate of drug-likeness (QED) is 0.729. The van der Waals surface area contributed by atoms with Crippen LogP contribution in [0.15, 0.2) is 41.1 Å². The second-order valence-corrected chi connectivity index (χ2v) is 6.17. The molecule has 1 amide bonds. The van der Waals surface area contributed by atoms with Gasteiger partial charge in [-0.05, 0) is 38.0 Å². The van der Waals surface area contributed by atoms with Crippen LogP contribution in [0, 0.1) is 20.8 Å². The van der Waals surface area contributed by atoms with E-state index in [1.54, 1.807) is 13.0 Å². The molecule has 0 aliphatic carbocycles. The summed E-state index contributed by atoms with van der Waals surface area (Å²) in [5, 5.41) is 2.74. The van der Waals surface area contributed by atoms with E-state index >= 15 is 0 Å². The maximum absolute atomic E-state index is 13.4. The molecule has 0 aliphatic rings. The molecule has 0 unspecified atom stereocenters. The highest BCUT2D eigenvalue weighted by atomic mass is 19.4. The Kier molecular flexibility index (Phi) is 4.48. The number of carbonyl (C=O) groups excluding carboxylic acids is 1. The van der Waals surface area contributed by atoms with Crippen LogP contribution in [-0.4, -0.2) is 17.1 Å². The molecule has 0 saturated heterocycles. The summed E-state index contributed by atoms with van der Waals surface area (Å²) >= 11 is 0. The molecule has 4 nitrogen and oxygen atoms in total. The molecule has 26 heavy (non-hydrogen) atoms. The molecule has 3 rings (SSSR count). The Morgan fingerprint density at radius 3 is 2.50 bits per heavy atom. The Hall–Kier alpha value is -2.83. The number of carbonyl (C=O) groups is 1. The zero-order valence-electron chi connectivity index (χ0n) is 14.4. The van der Waals surface area contributed by atoms with Gasteiger partial charge in [-0.2, -0.15) is 13.2 Å². The predicted octanol–water partition coefficient (Wildman–Crippen LogP) is 4.79. The number of nitrogens with one attached hydrogen (secondary N) is 1. The highest BCUT2D eigenvalue weighted by Gasteiger charge is 2.42. The van der Waals surface area contributed by atoms with Gasteiger partial charge >= 0.3 is 6.18 Å². The van der Waals surface area contributed by atoms with Crippen LogP contribution in [0.25, 0.3) is 11.0 Å². The van der Waals surface area contributed by atoms with Crippen molar-refractivity contribution in [1.29, 1.82) is 0 Å². The summed E-state index contributed by atoms with van der Waals surface area (Å²) in [4.78, 5) is 16.2. The number of amides is 1. The van der Waals surface area contributed by atoms with E-state index in [-0.39, 0.29) is 11.3 Å². The molecule has 0 radical (unpaired) electrons. The first kappa shape index (κ1) is 18.0. The molecular weight excluding hydrogens is 345 g/mol. The number of rotatable bonds is 3. The maximum atomic E-state index is 13.4. The van der Waals surface area contributed by atoms with Crippen molar-refractivity contribution in [2.24, 2.45) is 0 Å². The molecule has 1 N–H and O–H groups in total. The standard InChI is InChI=1S/C19H17F3N2O2/c1-10-6-7-14-12(3)16(26-15(14)11(10)2)18(25)24-17(19(20,21)22)13-5-4-8-23-9-13/h4-9,17H,1-3H3,(H,24,25)/t17-/m1/s1. The molecule has 0 spiro atoms. The number of fused-ring (bicyclic) bond motifs is 1. The monoisotopic (exact) mass is 362 g/mol. The van der Waals surface area contributed by atoms with Crippen molar-refractivity contribution in [3.05, 3.63) is 64.7 Å². The van der Waals surface area contributed by atoms with Crippen LogP contribution < -0.4 is 5.32 Å². The summed E-state index contributed by atoms with van der Waals surface area (Å²) in [6.45, 7) is 5.40. The molecule has 0 fully saturated rings. The first-order valence-corrected chi connectivity index (χ1v) is 7.97. The minimum absolute atomic E-state index is 0.119. The number of aromatic nitrogens is 1. The van der Waals surface area contributed by atoms with Crippen LogP contribution in [0.2, 0.25) is 0 Å². The van der Waals surface area contributed by atoms with E-state index in [4.69, 9.17) is 4.42 Å². The van der Waals surface area contributed by atoms with Gasteiger partial charge in [0.15, 0.2) is 11.8 Å². The van der Waals surface area contributed by atoms with Crippen LogP contribution in [0.3, 0.4) is 0 Å². The Labute approximate surface area is 148 Å². The van der Waals surface area contributed by atoms with E-state index in [0.29, 0.717) is 16.5 Å². The molecular formula is C19H17F3N2O2. The van der Waals surface area contributed by atoms with Crippen LogP contribution in [0.5, 0.6) is 0 Å². The Morgan fingerprint density at radius 1 is 1.15 bits per heavy atom. The second kappa shape index (κ2) is 6.48. The Balaban J connectivity index is 2.00. The normalized spacial score (nSPS) is 13.0. The zero-order chi connectivity index (χ0) is 19.1. The average molecular weight is 362 g/mol. The highest BCUT2D eigenvalue weighted by molar-refractivity contribution is 5.99. The van der Waals surface area contributed by atoms with Gasteiger partial charge in [0, 0.05) is 28.9 Å². The van der Waals surface area contributed by atoms with Crippen LogP contribution in [-0.2, 0) is 0 Å². The second-order valence-electron chi connectivity index (χ2n) is 6.17. The van der Waals surface area contributed by atoms with E-state index < -0.39 is 18.1 Å². The smallest absolute Gasteiger partial charge is 0.412 e. The number of furan rings is 1. The van der Waals surface area contributed by atoms with Gasteiger partial charge in [-0.3, -0.25) is 9.78 Å². The summed E-state index contributed by atoms with van der Waals surface area (Å²) in [5.74, 6) is -1.03. The first-order chi connectivity index (χ1) is 12.2. The number of aryl methyl sites for hydroxylation is 3. The van der Waals surface area contributed by atoms with E-state index in [1.165, 1.54) is 18.3 Å². The highest BCUT2D eigenvalue weighted by Crippen LogP contribution is 2.34. The van der Waals surface area contributed by atoms with E-state index in [9.17, 15) is 18.0 Å². The molecule has 136 valence electrons. The van der Waals surface area contributed by atoms with Gasteiger partial charge in [-0.25, -0.2) is 0 Å². The number of nitrogens with zero attached hydrogens (tertiary/aromatic N) is 1. The van der Waals surface area contributed by atoms with Crippen LogP contribution in [0.4, 0.5) is 13.2 Å². The number of hydrogen-bond donors (Lipinski definition) is 1. The van der Waals surface area contributed by atoms with Crippen molar-refractivity contribution < 1.29 is 22.4 Å². The molecule has 0 saturated carbocycles. The predicted molar refractivity (Wildman–Crippen MR) is 90.9 cm³/mol. The first-order valence-electron chi connectivity index (χ1n) is 7.97. The number of pyridine rings is 1. The fourth-order valence-electron chi connectivity index (χ4n) is 2.83. The molecule has 3 aromatic rings. The fourth-order valence-corrected chi connectivity index (χ4v) is 2.83. The third-order valence-corrected chi connectivity index (χ3v) is 4.45. The minimum Gasteiger partial charge on any atom is -0.450 e. The van der Waals surface area contributed by atoms with Gasteiger partial charge in [0.2, 0.25) is 0 Å². The topological polar surface area (TPSA) is 55.1 Å². The molecule has 1 aromatic carbocycles. The van der Waals surface area contributed by atoms with Gasteiger partial charge < -0.3 is 9.73 Å². The molecule has 0 bridgehead atoms. The van der Waals surface area contributed by atoms with E-state index in [0.717, 1.165) is 17.3 Å². The number of hydrogen-bond acceptors (Lipinski definition) is 3. The zero-order valence-corrected chi connectivity index (χ0v) is 14.4. The lowest BCUT2D eigenvalue weighted by molar-refractivity contribution is -0.155. The summed E-state index contributed by atoms with van der Waals surface area (Å²) < 4.78 is 45.9. The summed E-state index contributed by atoms with van der Waals surface area (Å²) in [6, 6.07) is 4.17. The summed E-state index contributed by atoms with van der Waals surface area (Å²) in [6.07, 6.45) is -2.21. The lowest BCUT2D eigenvalue weighted by atomic mass is 10.0. The summed E-state index contributed by atoms with van der Waals surface area (Å²) in [7, 11) is 0. The van der Waals surface area contributed by atoms with Gasteiger partial charge in [0.25, 0.3) is 5.91 Å². The van der Waals surface area contributed by atoms with Crippen molar-refractivity contribution in [2.45, 2.75) is 33.0 Å². The molecule has 2 aromatic heterocycles. The van der Waals surface area contributed by atoms with E-state index in [2.05, 4.69) is 4.98 Å². The van der Waals surface area contributed by atoms with Crippen LogP contribution in [0.1, 0.15) is 38.9 Å². The molecule has 1 atom stereocenters. The number of benzene rings is 1. The maximum Gasteiger partial charge on any atom is 0.412 e. The van der Waals surface area contributed by atoms with Crippen molar-refractivity contribution in [2.75, 3.05) is 0 Å². The van der Waals surface area contributed by atoms with Crippen molar-refractivity contribution >= 4 is 16.9 Å². The van der Waals surface area contributed by atoms with Crippen LogP contribution >= 0.6 is 0 Å². The third-order valence-electron chi connectivity index (χ3n) is 4.45. The van der Waals surface area contributed by atoms with Gasteiger partial charge in [0.1, 0.15) is 5.58 Å². The average Bonchev–Trinajstić information content (AvgIpc) is 2.93. The number of halogens is 3. The lowest BCUT2D eigenvalue weighted by Crippen LogP contribution is -2.38. The molecule has 7 heteroatoms. The van der Waals surface area contributed by atoms with Gasteiger partial charge in [0.05, 0.1) is 0 Å². The number of alkyl halides is 3. The largest absolute Gasteiger partial charge is 0.450 e. The Morgan fingerprint density at radius 2 is 1.88 bits per heavy atom. The van der Waals surface area contributed by atoms with E-state index in [1.807, 2.05) is 25.2 Å².